The fourth-order valence-electron chi connectivity index (χ4n) is 4.24. The first-order valence-corrected chi connectivity index (χ1v) is 11.2. The Hall–Kier alpha value is -3.08. The second-order valence-electron chi connectivity index (χ2n) is 8.59. The zero-order chi connectivity index (χ0) is 24.9. The number of carbonyl (C=O) groups is 2. The monoisotopic (exact) mass is 481 g/mol. The topological polar surface area (TPSA) is 81.9 Å². The molecule has 2 aliphatic rings. The van der Waals surface area contributed by atoms with Crippen molar-refractivity contribution in [2.24, 2.45) is 0 Å². The summed E-state index contributed by atoms with van der Waals surface area (Å²) in [6.07, 6.45) is -0.106. The minimum Gasteiger partial charge on any atom is -0.476 e. The third-order valence-corrected chi connectivity index (χ3v) is 5.89. The number of carboxylic acid groups (broad SMARTS) is 1. The van der Waals surface area contributed by atoms with E-state index >= 15 is 0 Å². The molecule has 1 atom stereocenters. The molecule has 0 radical (unpaired) electrons. The minimum atomic E-state index is -4.00. The molecule has 1 aromatic carbocycles. The summed E-state index contributed by atoms with van der Waals surface area (Å²) >= 11 is 0. The molecule has 1 aromatic heterocycles. The lowest BCUT2D eigenvalue weighted by molar-refractivity contribution is -0.110. The Morgan fingerprint density at radius 1 is 1.09 bits per heavy atom. The van der Waals surface area contributed by atoms with Crippen LogP contribution in [0.1, 0.15) is 42.7 Å². The standard InChI is InChI=1S/C21H27N5O3.C2H3F3/c1-16-5-4-9-25(16)19-7-3-2-6-17(19)15-23-11-13-24(14-12-23)21(29)26-10-8-18(22-26)20(27)28;1-2(3,4)5/h2-3,6-8,10,16H,4-5,9,11-15H2,1H3,(H,27,28);1H3. The molecule has 1 N–H and O–H groups in total. The van der Waals surface area contributed by atoms with E-state index in [1.165, 1.54) is 36.4 Å². The zero-order valence-corrected chi connectivity index (χ0v) is 19.3. The van der Waals surface area contributed by atoms with Gasteiger partial charge < -0.3 is 14.9 Å². The maximum Gasteiger partial charge on any atom is 0.386 e. The number of anilines is 1. The van der Waals surface area contributed by atoms with Crippen LogP contribution in [0.4, 0.5) is 23.7 Å². The molecule has 1 unspecified atom stereocenters. The quantitative estimate of drug-likeness (QED) is 0.713. The molecule has 3 heterocycles. The molecule has 11 heteroatoms. The SMILES string of the molecule is CC(F)(F)F.CC1CCCN1c1ccccc1CN1CCN(C(=O)n2ccc(C(=O)O)n2)CC1. The van der Waals surface area contributed by atoms with Gasteiger partial charge in [0.05, 0.1) is 0 Å². The molecule has 1 amide bonds. The van der Waals surface area contributed by atoms with E-state index in [1.807, 2.05) is 0 Å². The second kappa shape index (κ2) is 10.9. The number of alkyl halides is 3. The molecule has 186 valence electrons. The van der Waals surface area contributed by atoms with Gasteiger partial charge in [-0.1, -0.05) is 18.2 Å². The van der Waals surface area contributed by atoms with Crippen molar-refractivity contribution in [3.05, 3.63) is 47.8 Å². The molecule has 4 rings (SSSR count). The van der Waals surface area contributed by atoms with Crippen molar-refractivity contribution in [1.29, 1.82) is 0 Å². The van der Waals surface area contributed by atoms with Crippen molar-refractivity contribution >= 4 is 17.7 Å². The van der Waals surface area contributed by atoms with Gasteiger partial charge in [0.25, 0.3) is 0 Å². The number of aromatic nitrogens is 2. The summed E-state index contributed by atoms with van der Waals surface area (Å²) < 4.78 is 32.2. The van der Waals surface area contributed by atoms with Gasteiger partial charge in [0.1, 0.15) is 0 Å². The molecular formula is C23H30F3N5O3. The summed E-state index contributed by atoms with van der Waals surface area (Å²) in [5.74, 6) is -1.13. The van der Waals surface area contributed by atoms with Gasteiger partial charge in [-0.15, -0.1) is 0 Å². The van der Waals surface area contributed by atoms with E-state index in [4.69, 9.17) is 5.11 Å². The van der Waals surface area contributed by atoms with Crippen LogP contribution in [0, 0.1) is 0 Å². The van der Waals surface area contributed by atoms with Crippen LogP contribution in [0.15, 0.2) is 36.5 Å². The van der Waals surface area contributed by atoms with Crippen LogP contribution in [0.3, 0.4) is 0 Å². The molecular weight excluding hydrogens is 451 g/mol. The van der Waals surface area contributed by atoms with Crippen molar-refractivity contribution in [2.75, 3.05) is 37.6 Å². The van der Waals surface area contributed by atoms with Crippen LogP contribution in [0.5, 0.6) is 0 Å². The highest BCUT2D eigenvalue weighted by atomic mass is 19.4. The Morgan fingerprint density at radius 3 is 2.29 bits per heavy atom. The van der Waals surface area contributed by atoms with Crippen LogP contribution >= 0.6 is 0 Å². The molecule has 34 heavy (non-hydrogen) atoms. The second-order valence-corrected chi connectivity index (χ2v) is 8.59. The van der Waals surface area contributed by atoms with E-state index in [1.54, 1.807) is 4.90 Å². The average molecular weight is 482 g/mol. The molecule has 0 spiro atoms. The van der Waals surface area contributed by atoms with E-state index in [2.05, 4.69) is 46.1 Å². The van der Waals surface area contributed by atoms with Crippen LogP contribution in [0.25, 0.3) is 0 Å². The van der Waals surface area contributed by atoms with Gasteiger partial charge in [0.2, 0.25) is 0 Å². The van der Waals surface area contributed by atoms with E-state index in [-0.39, 0.29) is 18.6 Å². The van der Waals surface area contributed by atoms with E-state index in [0.29, 0.717) is 19.1 Å². The van der Waals surface area contributed by atoms with E-state index < -0.39 is 12.1 Å². The third-order valence-electron chi connectivity index (χ3n) is 5.89. The number of benzene rings is 1. The highest BCUT2D eigenvalue weighted by Gasteiger charge is 2.26. The highest BCUT2D eigenvalue weighted by Crippen LogP contribution is 2.29. The summed E-state index contributed by atoms with van der Waals surface area (Å²) in [6.45, 7) is 7.22. The lowest BCUT2D eigenvalue weighted by atomic mass is 10.1. The van der Waals surface area contributed by atoms with Gasteiger partial charge in [-0.2, -0.15) is 23.0 Å². The Bertz CT molecular complexity index is 980. The van der Waals surface area contributed by atoms with Gasteiger partial charge in [0, 0.05) is 64.1 Å². The highest BCUT2D eigenvalue weighted by molar-refractivity contribution is 5.86. The Balaban J connectivity index is 0.000000588. The number of hydrogen-bond acceptors (Lipinski definition) is 5. The van der Waals surface area contributed by atoms with E-state index in [9.17, 15) is 22.8 Å². The largest absolute Gasteiger partial charge is 0.476 e. The Morgan fingerprint density at radius 2 is 1.74 bits per heavy atom. The van der Waals surface area contributed by atoms with Crippen LogP contribution in [-0.2, 0) is 6.54 Å². The average Bonchev–Trinajstić information content (AvgIpc) is 3.43. The van der Waals surface area contributed by atoms with Crippen molar-refractivity contribution in [1.82, 2.24) is 19.6 Å². The molecule has 2 saturated heterocycles. The molecule has 2 aliphatic heterocycles. The maximum absolute atomic E-state index is 12.6. The van der Waals surface area contributed by atoms with Gasteiger partial charge >= 0.3 is 18.2 Å². The van der Waals surface area contributed by atoms with Crippen LogP contribution < -0.4 is 4.90 Å². The first kappa shape index (κ1) is 25.5. The van der Waals surface area contributed by atoms with Gasteiger partial charge in [-0.25, -0.2) is 9.59 Å². The number of halogens is 3. The number of rotatable bonds is 4. The fraction of sp³-hybridized carbons (Fsp3) is 0.522. The number of carbonyl (C=O) groups excluding carboxylic acids is 1. The van der Waals surface area contributed by atoms with Crippen molar-refractivity contribution in [2.45, 2.75) is 45.5 Å². The molecule has 0 saturated carbocycles. The van der Waals surface area contributed by atoms with Gasteiger partial charge in [0.15, 0.2) is 5.69 Å². The van der Waals surface area contributed by atoms with Gasteiger partial charge in [-0.05, 0) is 37.5 Å². The smallest absolute Gasteiger partial charge is 0.386 e. The normalized spacial score (nSPS) is 19.0. The molecule has 2 fully saturated rings. The Kier molecular flexibility index (Phi) is 8.19. The van der Waals surface area contributed by atoms with Crippen molar-refractivity contribution < 1.29 is 27.9 Å². The lowest BCUT2D eigenvalue weighted by Gasteiger charge is -2.35. The van der Waals surface area contributed by atoms with E-state index in [0.717, 1.165) is 30.9 Å². The van der Waals surface area contributed by atoms with Gasteiger partial charge in [-0.3, -0.25) is 4.90 Å². The summed E-state index contributed by atoms with van der Waals surface area (Å²) in [5.41, 5.74) is 2.54. The Labute approximate surface area is 196 Å². The number of hydrogen-bond donors (Lipinski definition) is 1. The molecule has 2 aromatic rings. The number of para-hydroxylation sites is 1. The van der Waals surface area contributed by atoms with Crippen molar-refractivity contribution in [3.63, 3.8) is 0 Å². The zero-order valence-electron chi connectivity index (χ0n) is 19.3. The fourth-order valence-corrected chi connectivity index (χ4v) is 4.24. The summed E-state index contributed by atoms with van der Waals surface area (Å²) in [7, 11) is 0. The predicted octanol–water partition coefficient (Wildman–Crippen LogP) is 3.92. The lowest BCUT2D eigenvalue weighted by Crippen LogP contribution is -2.49. The number of nitrogens with zero attached hydrogens (tertiary/aromatic N) is 5. The number of amides is 1. The first-order chi connectivity index (χ1) is 16.0. The first-order valence-electron chi connectivity index (χ1n) is 11.2. The number of aromatic carboxylic acids is 1. The summed E-state index contributed by atoms with van der Waals surface area (Å²) in [5, 5.41) is 12.8. The molecule has 8 nitrogen and oxygen atoms in total. The molecule has 0 aliphatic carbocycles. The van der Waals surface area contributed by atoms with Crippen molar-refractivity contribution in [3.8, 4) is 0 Å². The number of piperazine rings is 1. The number of carboxylic acids is 1. The predicted molar refractivity (Wildman–Crippen MR) is 121 cm³/mol. The molecule has 0 bridgehead atoms. The summed E-state index contributed by atoms with van der Waals surface area (Å²) in [6, 6.07) is 10.3. The third kappa shape index (κ3) is 6.96. The maximum atomic E-state index is 12.6. The van der Waals surface area contributed by atoms with Crippen LogP contribution in [0.2, 0.25) is 0 Å². The minimum absolute atomic E-state index is 0.121. The summed E-state index contributed by atoms with van der Waals surface area (Å²) in [4.78, 5) is 30.1. The van der Waals surface area contributed by atoms with Crippen LogP contribution in [-0.4, -0.2) is 81.6 Å².